The molecule has 0 saturated carbocycles. The highest BCUT2D eigenvalue weighted by Crippen LogP contribution is 2.20. The quantitative estimate of drug-likeness (QED) is 0.683. The van der Waals surface area contributed by atoms with Crippen molar-refractivity contribution < 1.29 is 19.1 Å². The van der Waals surface area contributed by atoms with Crippen molar-refractivity contribution in [2.75, 3.05) is 7.11 Å². The van der Waals surface area contributed by atoms with Gasteiger partial charge < -0.3 is 14.8 Å². The van der Waals surface area contributed by atoms with Crippen molar-refractivity contribution in [1.82, 2.24) is 5.32 Å². The SMILES string of the molecule is CCCC(NC(=O)C(C)OC(=O)Cc1ccccc1OC)c1ccccc1. The zero-order chi connectivity index (χ0) is 19.6. The van der Waals surface area contributed by atoms with Gasteiger partial charge in [-0.2, -0.15) is 0 Å². The van der Waals surface area contributed by atoms with E-state index in [4.69, 9.17) is 9.47 Å². The minimum absolute atomic E-state index is 0.0543. The molecular formula is C22H27NO4. The maximum Gasteiger partial charge on any atom is 0.311 e. The van der Waals surface area contributed by atoms with Gasteiger partial charge in [0, 0.05) is 5.56 Å². The second kappa shape index (κ2) is 10.4. The van der Waals surface area contributed by atoms with Crippen molar-refractivity contribution >= 4 is 11.9 Å². The summed E-state index contributed by atoms with van der Waals surface area (Å²) in [5.74, 6) is -0.141. The fraction of sp³-hybridized carbons (Fsp3) is 0.364. The number of methoxy groups -OCH3 is 1. The summed E-state index contributed by atoms with van der Waals surface area (Å²) in [5.41, 5.74) is 1.77. The maximum absolute atomic E-state index is 12.5. The highest BCUT2D eigenvalue weighted by molar-refractivity contribution is 5.84. The highest BCUT2D eigenvalue weighted by atomic mass is 16.5. The second-order valence-electron chi connectivity index (χ2n) is 6.38. The van der Waals surface area contributed by atoms with Gasteiger partial charge in [-0.3, -0.25) is 9.59 Å². The third-order valence-corrected chi connectivity index (χ3v) is 4.30. The van der Waals surface area contributed by atoms with Gasteiger partial charge in [0.05, 0.1) is 19.6 Å². The molecule has 0 aliphatic rings. The van der Waals surface area contributed by atoms with Gasteiger partial charge >= 0.3 is 5.97 Å². The summed E-state index contributed by atoms with van der Waals surface area (Å²) in [4.78, 5) is 24.7. The molecule has 0 spiro atoms. The van der Waals surface area contributed by atoms with Gasteiger partial charge in [-0.25, -0.2) is 0 Å². The van der Waals surface area contributed by atoms with Gasteiger partial charge in [-0.1, -0.05) is 61.9 Å². The van der Waals surface area contributed by atoms with Gasteiger partial charge in [-0.15, -0.1) is 0 Å². The normalized spacial score (nSPS) is 12.7. The van der Waals surface area contributed by atoms with Crippen molar-refractivity contribution in [3.05, 3.63) is 65.7 Å². The number of hydrogen-bond acceptors (Lipinski definition) is 4. The molecule has 0 bridgehead atoms. The van der Waals surface area contributed by atoms with Crippen LogP contribution in [-0.2, 0) is 20.7 Å². The molecule has 0 aliphatic heterocycles. The molecule has 27 heavy (non-hydrogen) atoms. The van der Waals surface area contributed by atoms with Crippen LogP contribution in [-0.4, -0.2) is 25.1 Å². The molecule has 2 unspecified atom stereocenters. The molecule has 144 valence electrons. The number of benzene rings is 2. The predicted octanol–water partition coefficient (Wildman–Crippen LogP) is 3.83. The van der Waals surface area contributed by atoms with Crippen molar-refractivity contribution in [2.24, 2.45) is 0 Å². The van der Waals surface area contributed by atoms with E-state index in [0.29, 0.717) is 5.75 Å². The average Bonchev–Trinajstić information content (AvgIpc) is 2.68. The lowest BCUT2D eigenvalue weighted by Crippen LogP contribution is -2.38. The Kier molecular flexibility index (Phi) is 7.86. The first-order valence-electron chi connectivity index (χ1n) is 9.21. The summed E-state index contributed by atoms with van der Waals surface area (Å²) in [6.45, 7) is 3.66. The smallest absolute Gasteiger partial charge is 0.311 e. The first-order chi connectivity index (χ1) is 13.0. The second-order valence-corrected chi connectivity index (χ2v) is 6.38. The Morgan fingerprint density at radius 3 is 2.37 bits per heavy atom. The lowest BCUT2D eigenvalue weighted by molar-refractivity contribution is -0.154. The summed E-state index contributed by atoms with van der Waals surface area (Å²) < 4.78 is 10.6. The van der Waals surface area contributed by atoms with E-state index >= 15 is 0 Å². The van der Waals surface area contributed by atoms with Crippen LogP contribution in [0, 0.1) is 0 Å². The third-order valence-electron chi connectivity index (χ3n) is 4.30. The monoisotopic (exact) mass is 369 g/mol. The molecule has 0 aliphatic carbocycles. The van der Waals surface area contributed by atoms with Crippen LogP contribution in [0.25, 0.3) is 0 Å². The van der Waals surface area contributed by atoms with Crippen molar-refractivity contribution in [1.29, 1.82) is 0 Å². The number of esters is 1. The van der Waals surface area contributed by atoms with E-state index < -0.39 is 12.1 Å². The molecule has 0 heterocycles. The standard InChI is InChI=1S/C22H27NO4/c1-4-10-19(17-11-6-5-7-12-17)23-22(25)16(2)27-21(24)15-18-13-8-9-14-20(18)26-3/h5-9,11-14,16,19H,4,10,15H2,1-3H3,(H,23,25). The average molecular weight is 369 g/mol. The molecule has 2 atom stereocenters. The predicted molar refractivity (Wildman–Crippen MR) is 104 cm³/mol. The van der Waals surface area contributed by atoms with E-state index in [2.05, 4.69) is 12.2 Å². The molecule has 2 aromatic rings. The largest absolute Gasteiger partial charge is 0.496 e. The number of para-hydroxylation sites is 1. The topological polar surface area (TPSA) is 64.6 Å². The van der Waals surface area contributed by atoms with Crippen LogP contribution < -0.4 is 10.1 Å². The summed E-state index contributed by atoms with van der Waals surface area (Å²) in [6.07, 6.45) is 0.938. The Morgan fingerprint density at radius 1 is 1.04 bits per heavy atom. The molecule has 1 amide bonds. The zero-order valence-corrected chi connectivity index (χ0v) is 16.1. The van der Waals surface area contributed by atoms with Crippen LogP contribution in [0.15, 0.2) is 54.6 Å². The molecule has 0 radical (unpaired) electrons. The number of rotatable bonds is 9. The summed E-state index contributed by atoms with van der Waals surface area (Å²) in [7, 11) is 1.55. The van der Waals surface area contributed by atoms with Crippen molar-refractivity contribution in [3.63, 3.8) is 0 Å². The molecule has 2 aromatic carbocycles. The number of hydrogen-bond donors (Lipinski definition) is 1. The van der Waals surface area contributed by atoms with E-state index in [-0.39, 0.29) is 18.4 Å². The third kappa shape index (κ3) is 6.13. The van der Waals surface area contributed by atoms with Crippen LogP contribution in [0.1, 0.15) is 43.9 Å². The molecule has 5 heteroatoms. The van der Waals surface area contributed by atoms with E-state index in [0.717, 1.165) is 24.0 Å². The first kappa shape index (κ1) is 20.5. The van der Waals surface area contributed by atoms with Gasteiger partial charge in [0.15, 0.2) is 6.10 Å². The maximum atomic E-state index is 12.5. The lowest BCUT2D eigenvalue weighted by atomic mass is 10.0. The van der Waals surface area contributed by atoms with Crippen molar-refractivity contribution in [2.45, 2.75) is 45.3 Å². The summed E-state index contributed by atoms with van der Waals surface area (Å²) >= 11 is 0. The van der Waals surface area contributed by atoms with E-state index in [1.165, 1.54) is 0 Å². The van der Waals surface area contributed by atoms with E-state index in [9.17, 15) is 9.59 Å². The molecule has 2 rings (SSSR count). The summed E-state index contributed by atoms with van der Waals surface area (Å²) in [5, 5.41) is 2.98. The molecular weight excluding hydrogens is 342 g/mol. The molecule has 1 N–H and O–H groups in total. The highest BCUT2D eigenvalue weighted by Gasteiger charge is 2.22. The first-order valence-corrected chi connectivity index (χ1v) is 9.21. The molecule has 0 aromatic heterocycles. The lowest BCUT2D eigenvalue weighted by Gasteiger charge is -2.21. The minimum atomic E-state index is -0.865. The van der Waals surface area contributed by atoms with Crippen LogP contribution in [0.3, 0.4) is 0 Å². The van der Waals surface area contributed by atoms with Crippen LogP contribution in [0.5, 0.6) is 5.75 Å². The van der Waals surface area contributed by atoms with Crippen LogP contribution >= 0.6 is 0 Å². The fourth-order valence-corrected chi connectivity index (χ4v) is 2.88. The Bertz CT molecular complexity index is 745. The van der Waals surface area contributed by atoms with Gasteiger partial charge in [0.25, 0.3) is 5.91 Å². The van der Waals surface area contributed by atoms with Crippen LogP contribution in [0.2, 0.25) is 0 Å². The van der Waals surface area contributed by atoms with E-state index in [1.54, 1.807) is 26.2 Å². The number of carbonyl (C=O) groups excluding carboxylic acids is 2. The van der Waals surface area contributed by atoms with Gasteiger partial charge in [0.1, 0.15) is 5.75 Å². The Labute approximate surface area is 160 Å². The number of amides is 1. The fourth-order valence-electron chi connectivity index (χ4n) is 2.88. The number of carbonyl (C=O) groups is 2. The molecule has 0 fully saturated rings. The van der Waals surface area contributed by atoms with Crippen LogP contribution in [0.4, 0.5) is 0 Å². The van der Waals surface area contributed by atoms with Gasteiger partial charge in [-0.05, 0) is 25.0 Å². The molecule has 5 nitrogen and oxygen atoms in total. The van der Waals surface area contributed by atoms with E-state index in [1.807, 2.05) is 42.5 Å². The molecule has 0 saturated heterocycles. The minimum Gasteiger partial charge on any atom is -0.496 e. The Morgan fingerprint density at radius 2 is 1.70 bits per heavy atom. The zero-order valence-electron chi connectivity index (χ0n) is 16.1. The van der Waals surface area contributed by atoms with Gasteiger partial charge in [0.2, 0.25) is 0 Å². The Hall–Kier alpha value is -2.82. The van der Waals surface area contributed by atoms with Crippen molar-refractivity contribution in [3.8, 4) is 5.75 Å². The number of nitrogens with one attached hydrogen (secondary N) is 1. The summed E-state index contributed by atoms with van der Waals surface area (Å²) in [6, 6.07) is 17.0. The number of ether oxygens (including phenoxy) is 2. The Balaban J connectivity index is 1.94.